The van der Waals surface area contributed by atoms with Crippen molar-refractivity contribution < 1.29 is 36.2 Å². The Kier molecular flexibility index (Phi) is 8.74. The Morgan fingerprint density at radius 3 is 2.28 bits per heavy atom. The Labute approximate surface area is 227 Å². The number of carbonyl (C=O) groups is 1. The van der Waals surface area contributed by atoms with Crippen LogP contribution in [0.25, 0.3) is 0 Å². The van der Waals surface area contributed by atoms with Crippen molar-refractivity contribution in [2.45, 2.75) is 89.4 Å². The van der Waals surface area contributed by atoms with Crippen molar-refractivity contribution in [3.8, 4) is 0 Å². The fraction of sp³-hybridized carbons (Fsp3) is 0.500. The second-order valence-corrected chi connectivity index (χ2v) is 12.6. The molecule has 0 radical (unpaired) electrons. The molecule has 1 atom stereocenters. The summed E-state index contributed by atoms with van der Waals surface area (Å²) in [6, 6.07) is 7.35. The number of ether oxygens (including phenoxy) is 1. The van der Waals surface area contributed by atoms with Crippen molar-refractivity contribution in [3.63, 3.8) is 0 Å². The Balaban J connectivity index is 2.02. The average Bonchev–Trinajstić information content (AvgIpc) is 2.80. The van der Waals surface area contributed by atoms with Crippen molar-refractivity contribution in [1.82, 2.24) is 4.98 Å². The number of nitrogens with one attached hydrogen (secondary N) is 1. The lowest BCUT2D eigenvalue weighted by molar-refractivity contribution is -0.161. The van der Waals surface area contributed by atoms with E-state index in [1.165, 1.54) is 12.1 Å². The fourth-order valence-corrected chi connectivity index (χ4v) is 6.25. The number of nitrogens with zero attached hydrogens (tertiary/aromatic N) is 1. The number of aliphatic hydroxyl groups is 1. The third kappa shape index (κ3) is 6.93. The number of esters is 1. The zero-order valence-electron chi connectivity index (χ0n) is 22.7. The number of pyridine rings is 1. The van der Waals surface area contributed by atoms with Gasteiger partial charge in [0.25, 0.3) is 10.0 Å². The van der Waals surface area contributed by atoms with Gasteiger partial charge in [-0.15, -0.1) is 0 Å². The molecule has 39 heavy (non-hydrogen) atoms. The molecule has 0 spiro atoms. The third-order valence-electron chi connectivity index (χ3n) is 6.71. The predicted molar refractivity (Wildman–Crippen MR) is 142 cm³/mol. The highest BCUT2D eigenvalue weighted by atomic mass is 32.2. The van der Waals surface area contributed by atoms with Gasteiger partial charge in [-0.25, -0.2) is 9.78 Å². The van der Waals surface area contributed by atoms with E-state index in [0.29, 0.717) is 30.5 Å². The van der Waals surface area contributed by atoms with E-state index in [4.69, 9.17) is 4.74 Å². The average molecular weight is 569 g/mol. The van der Waals surface area contributed by atoms with Crippen molar-refractivity contribution in [2.75, 3.05) is 4.72 Å². The number of halogens is 3. The molecule has 3 rings (SSSR count). The van der Waals surface area contributed by atoms with Crippen LogP contribution in [0.5, 0.6) is 0 Å². The molecule has 0 unspecified atom stereocenters. The SMILES string of the molecule is CCCC1(CCC)CC(O)=C([C@@H](c2cccc(NS(=O)(=O)c3cc(C(F)(F)F)ccn3)c2)C(C)(C)C)C(=O)O1. The van der Waals surface area contributed by atoms with E-state index < -0.39 is 49.7 Å². The highest BCUT2D eigenvalue weighted by Crippen LogP contribution is 2.47. The molecule has 0 bridgehead atoms. The van der Waals surface area contributed by atoms with Crippen LogP contribution in [0.4, 0.5) is 18.9 Å². The number of alkyl halides is 3. The van der Waals surface area contributed by atoms with Crippen LogP contribution in [0.3, 0.4) is 0 Å². The van der Waals surface area contributed by atoms with Crippen molar-refractivity contribution >= 4 is 21.7 Å². The number of carbonyl (C=O) groups excluding carboxylic acids is 1. The summed E-state index contributed by atoms with van der Waals surface area (Å²) in [6.07, 6.45) is -0.970. The third-order valence-corrected chi connectivity index (χ3v) is 7.98. The molecule has 2 heterocycles. The quantitative estimate of drug-likeness (QED) is 0.312. The first-order chi connectivity index (χ1) is 18.0. The van der Waals surface area contributed by atoms with Crippen LogP contribution >= 0.6 is 0 Å². The Morgan fingerprint density at radius 2 is 1.74 bits per heavy atom. The molecule has 0 fully saturated rings. The molecular weight excluding hydrogens is 533 g/mol. The first-order valence-corrected chi connectivity index (χ1v) is 14.3. The second-order valence-electron chi connectivity index (χ2n) is 11.0. The van der Waals surface area contributed by atoms with Crippen molar-refractivity contribution in [1.29, 1.82) is 0 Å². The summed E-state index contributed by atoms with van der Waals surface area (Å²) >= 11 is 0. The zero-order valence-corrected chi connectivity index (χ0v) is 23.5. The highest BCUT2D eigenvalue weighted by Gasteiger charge is 2.45. The number of rotatable bonds is 9. The lowest BCUT2D eigenvalue weighted by Crippen LogP contribution is -2.42. The van der Waals surface area contributed by atoms with E-state index in [0.717, 1.165) is 19.0 Å². The van der Waals surface area contributed by atoms with Crippen LogP contribution < -0.4 is 4.72 Å². The molecule has 11 heteroatoms. The van der Waals surface area contributed by atoms with E-state index in [-0.39, 0.29) is 23.4 Å². The van der Waals surface area contributed by atoms with Gasteiger partial charge >= 0.3 is 12.1 Å². The van der Waals surface area contributed by atoms with Crippen LogP contribution in [0.1, 0.15) is 83.8 Å². The number of aliphatic hydroxyl groups excluding tert-OH is 1. The maximum atomic E-state index is 13.4. The summed E-state index contributed by atoms with van der Waals surface area (Å²) in [5.74, 6) is -1.32. The summed E-state index contributed by atoms with van der Waals surface area (Å²) < 4.78 is 73.4. The molecule has 1 aliphatic rings. The molecule has 0 aliphatic carbocycles. The number of aromatic nitrogens is 1. The summed E-state index contributed by atoms with van der Waals surface area (Å²) in [7, 11) is -4.46. The van der Waals surface area contributed by atoms with Crippen molar-refractivity contribution in [3.05, 3.63) is 65.1 Å². The molecule has 2 aromatic rings. The normalized spacial score (nSPS) is 17.1. The second kappa shape index (κ2) is 11.2. The number of benzene rings is 1. The first-order valence-electron chi connectivity index (χ1n) is 12.8. The number of sulfonamides is 1. The van der Waals surface area contributed by atoms with E-state index >= 15 is 0 Å². The van der Waals surface area contributed by atoms with Crippen LogP contribution in [-0.4, -0.2) is 30.1 Å². The Hall–Kier alpha value is -3.08. The van der Waals surface area contributed by atoms with Gasteiger partial charge in [0.15, 0.2) is 5.03 Å². The smallest absolute Gasteiger partial charge is 0.416 e. The number of cyclic esters (lactones) is 1. The van der Waals surface area contributed by atoms with E-state index in [2.05, 4.69) is 9.71 Å². The van der Waals surface area contributed by atoms with Gasteiger partial charge in [-0.3, -0.25) is 4.72 Å². The molecule has 7 nitrogen and oxygen atoms in total. The van der Waals surface area contributed by atoms with Gasteiger partial charge in [-0.1, -0.05) is 59.6 Å². The molecule has 1 aromatic heterocycles. The number of hydrogen-bond donors (Lipinski definition) is 2. The molecule has 1 aromatic carbocycles. The lowest BCUT2D eigenvalue weighted by Gasteiger charge is -2.41. The van der Waals surface area contributed by atoms with E-state index in [9.17, 15) is 31.5 Å². The minimum Gasteiger partial charge on any atom is -0.512 e. The summed E-state index contributed by atoms with van der Waals surface area (Å²) in [6.45, 7) is 9.62. The zero-order chi connectivity index (χ0) is 29.2. The van der Waals surface area contributed by atoms with Crippen LogP contribution in [0, 0.1) is 5.41 Å². The van der Waals surface area contributed by atoms with E-state index in [1.807, 2.05) is 34.6 Å². The minimum absolute atomic E-state index is 0.0489. The minimum atomic E-state index is -4.73. The summed E-state index contributed by atoms with van der Waals surface area (Å²) in [4.78, 5) is 17.0. The first kappa shape index (κ1) is 30.5. The monoisotopic (exact) mass is 568 g/mol. The van der Waals surface area contributed by atoms with Gasteiger partial charge < -0.3 is 9.84 Å². The fourth-order valence-electron chi connectivity index (χ4n) is 5.23. The van der Waals surface area contributed by atoms with Gasteiger partial charge in [0, 0.05) is 24.2 Å². The maximum Gasteiger partial charge on any atom is 0.416 e. The largest absolute Gasteiger partial charge is 0.512 e. The van der Waals surface area contributed by atoms with Gasteiger partial charge in [0.1, 0.15) is 11.4 Å². The van der Waals surface area contributed by atoms with Gasteiger partial charge in [-0.05, 0) is 48.1 Å². The topological polar surface area (TPSA) is 106 Å². The molecule has 1 aliphatic heterocycles. The predicted octanol–water partition coefficient (Wildman–Crippen LogP) is 7.13. The Morgan fingerprint density at radius 1 is 1.10 bits per heavy atom. The Bertz CT molecular complexity index is 1340. The van der Waals surface area contributed by atoms with Crippen LogP contribution in [-0.2, 0) is 25.7 Å². The standard InChI is InChI=1S/C28H35F3N2O5S/c1-6-12-27(13-7-2)17-21(34)23(25(35)38-27)24(26(3,4)5)18-9-8-10-20(15-18)33-39(36,37)22-16-19(11-14-32-22)28(29,30)31/h8-11,14-16,24,33-34H,6-7,12-13,17H2,1-5H3/t24-/m1/s1. The summed E-state index contributed by atoms with van der Waals surface area (Å²) in [5, 5.41) is 10.4. The molecule has 214 valence electrons. The molecule has 2 N–H and O–H groups in total. The molecule has 0 saturated heterocycles. The number of hydrogen-bond acceptors (Lipinski definition) is 6. The van der Waals surface area contributed by atoms with Crippen LogP contribution in [0.15, 0.2) is 59.0 Å². The molecule has 0 saturated carbocycles. The summed E-state index contributed by atoms with van der Waals surface area (Å²) in [5.41, 5.74) is -1.80. The van der Waals surface area contributed by atoms with Crippen molar-refractivity contribution in [2.24, 2.45) is 5.41 Å². The lowest BCUT2D eigenvalue weighted by atomic mass is 9.70. The highest BCUT2D eigenvalue weighted by molar-refractivity contribution is 7.92. The molecular formula is C28H35F3N2O5S. The van der Waals surface area contributed by atoms with Gasteiger partial charge in [0.2, 0.25) is 0 Å². The van der Waals surface area contributed by atoms with Crippen LogP contribution in [0.2, 0.25) is 0 Å². The van der Waals surface area contributed by atoms with Gasteiger partial charge in [0.05, 0.1) is 11.1 Å². The molecule has 0 amide bonds. The maximum absolute atomic E-state index is 13.4. The van der Waals surface area contributed by atoms with Gasteiger partial charge in [-0.2, -0.15) is 21.6 Å². The number of anilines is 1. The van der Waals surface area contributed by atoms with E-state index in [1.54, 1.807) is 12.1 Å².